The number of amides is 1. The van der Waals surface area contributed by atoms with Crippen molar-refractivity contribution in [2.24, 2.45) is 0 Å². The van der Waals surface area contributed by atoms with E-state index in [9.17, 15) is 9.59 Å². The molecule has 0 aliphatic heterocycles. The molecule has 0 radical (unpaired) electrons. The van der Waals surface area contributed by atoms with Crippen molar-refractivity contribution in [3.63, 3.8) is 0 Å². The number of carbonyl (C=O) groups excluding carboxylic acids is 1. The second-order valence-corrected chi connectivity index (χ2v) is 6.93. The molecule has 3 rings (SSSR count). The Morgan fingerprint density at radius 3 is 2.54 bits per heavy atom. The van der Waals surface area contributed by atoms with E-state index in [0.29, 0.717) is 24.1 Å². The smallest absolute Gasteiger partial charge is 0.323 e. The van der Waals surface area contributed by atoms with Crippen LogP contribution in [0.5, 0.6) is 0 Å². The summed E-state index contributed by atoms with van der Waals surface area (Å²) in [5.41, 5.74) is 2.10. The van der Waals surface area contributed by atoms with Gasteiger partial charge in [-0.25, -0.2) is 0 Å². The van der Waals surface area contributed by atoms with Crippen molar-refractivity contribution in [3.05, 3.63) is 35.7 Å². The fraction of sp³-hybridized carbons (Fsp3) is 0.474. The van der Waals surface area contributed by atoms with Gasteiger partial charge in [0.15, 0.2) is 0 Å². The molecule has 7 nitrogen and oxygen atoms in total. The zero-order valence-electron chi connectivity index (χ0n) is 15.0. The van der Waals surface area contributed by atoms with Crippen LogP contribution in [0.4, 0.5) is 0 Å². The number of hydrogen-bond acceptors (Lipinski definition) is 5. The van der Waals surface area contributed by atoms with E-state index in [1.54, 1.807) is 0 Å². The maximum absolute atomic E-state index is 12.3. The molecule has 1 amide bonds. The third-order valence-corrected chi connectivity index (χ3v) is 4.47. The van der Waals surface area contributed by atoms with Gasteiger partial charge >= 0.3 is 5.97 Å². The fourth-order valence-electron chi connectivity index (χ4n) is 2.80. The van der Waals surface area contributed by atoms with Gasteiger partial charge in [0, 0.05) is 24.4 Å². The van der Waals surface area contributed by atoms with Crippen molar-refractivity contribution in [1.29, 1.82) is 0 Å². The zero-order valence-corrected chi connectivity index (χ0v) is 15.0. The average molecular weight is 357 g/mol. The number of rotatable bonds is 8. The third kappa shape index (κ3) is 4.47. The highest BCUT2D eigenvalue weighted by Crippen LogP contribution is 2.27. The summed E-state index contributed by atoms with van der Waals surface area (Å²) in [7, 11) is 0. The molecule has 7 heteroatoms. The van der Waals surface area contributed by atoms with E-state index in [1.807, 2.05) is 24.3 Å². The standard InChI is InChI=1S/C19H23N3O4/c1-12(2)13-3-5-14(6-4-13)19-20-16(26-21-19)9-10-17(23)22(11-18(24)25)15-7-8-15/h3-6,12,15H,7-11H2,1-2H3,(H,24,25). The van der Waals surface area contributed by atoms with Crippen LogP contribution in [-0.2, 0) is 16.0 Å². The Morgan fingerprint density at radius 1 is 1.27 bits per heavy atom. The Morgan fingerprint density at radius 2 is 1.96 bits per heavy atom. The highest BCUT2D eigenvalue weighted by atomic mass is 16.5. The van der Waals surface area contributed by atoms with Crippen LogP contribution in [0.2, 0.25) is 0 Å². The fourth-order valence-corrected chi connectivity index (χ4v) is 2.80. The van der Waals surface area contributed by atoms with Gasteiger partial charge in [-0.3, -0.25) is 9.59 Å². The highest BCUT2D eigenvalue weighted by molar-refractivity contribution is 5.82. The van der Waals surface area contributed by atoms with Crippen molar-refractivity contribution in [2.45, 2.75) is 51.5 Å². The van der Waals surface area contributed by atoms with E-state index in [-0.39, 0.29) is 24.9 Å². The minimum absolute atomic E-state index is 0.0660. The number of carboxylic acids is 1. The zero-order chi connectivity index (χ0) is 18.7. The van der Waals surface area contributed by atoms with Crippen molar-refractivity contribution in [1.82, 2.24) is 15.0 Å². The lowest BCUT2D eigenvalue weighted by molar-refractivity contribution is -0.144. The van der Waals surface area contributed by atoms with E-state index in [2.05, 4.69) is 24.0 Å². The van der Waals surface area contributed by atoms with Gasteiger partial charge in [0.05, 0.1) is 0 Å². The molecule has 0 bridgehead atoms. The van der Waals surface area contributed by atoms with Crippen molar-refractivity contribution in [2.75, 3.05) is 6.54 Å². The predicted molar refractivity (Wildman–Crippen MR) is 94.5 cm³/mol. The van der Waals surface area contributed by atoms with Crippen molar-refractivity contribution >= 4 is 11.9 Å². The summed E-state index contributed by atoms with van der Waals surface area (Å²) in [5.74, 6) is 0.155. The maximum Gasteiger partial charge on any atom is 0.323 e. The first-order valence-electron chi connectivity index (χ1n) is 8.88. The van der Waals surface area contributed by atoms with E-state index in [4.69, 9.17) is 9.63 Å². The molecular formula is C19H23N3O4. The summed E-state index contributed by atoms with van der Waals surface area (Å²) in [5, 5.41) is 12.9. The van der Waals surface area contributed by atoms with E-state index in [0.717, 1.165) is 18.4 Å². The molecule has 0 spiro atoms. The first-order valence-corrected chi connectivity index (χ1v) is 8.88. The minimum Gasteiger partial charge on any atom is -0.480 e. The van der Waals surface area contributed by atoms with Gasteiger partial charge in [0.1, 0.15) is 6.54 Å². The Hall–Kier alpha value is -2.70. The van der Waals surface area contributed by atoms with E-state index in [1.165, 1.54) is 10.5 Å². The van der Waals surface area contributed by atoms with Crippen LogP contribution in [0, 0.1) is 0 Å². The van der Waals surface area contributed by atoms with Crippen LogP contribution >= 0.6 is 0 Å². The Bertz CT molecular complexity index is 778. The van der Waals surface area contributed by atoms with Crippen LogP contribution in [0.3, 0.4) is 0 Å². The van der Waals surface area contributed by atoms with Gasteiger partial charge in [-0.2, -0.15) is 4.98 Å². The van der Waals surface area contributed by atoms with Gasteiger partial charge in [-0.15, -0.1) is 0 Å². The summed E-state index contributed by atoms with van der Waals surface area (Å²) < 4.78 is 5.24. The summed E-state index contributed by atoms with van der Waals surface area (Å²) >= 11 is 0. The largest absolute Gasteiger partial charge is 0.480 e. The van der Waals surface area contributed by atoms with E-state index < -0.39 is 5.97 Å². The first kappa shape index (κ1) is 18.1. The SMILES string of the molecule is CC(C)c1ccc(-c2noc(CCC(=O)N(CC(=O)O)C3CC3)n2)cc1. The second kappa shape index (κ2) is 7.68. The quantitative estimate of drug-likeness (QED) is 0.780. The number of nitrogens with zero attached hydrogens (tertiary/aromatic N) is 3. The van der Waals surface area contributed by atoms with Gasteiger partial charge in [0.2, 0.25) is 17.6 Å². The molecule has 1 aromatic heterocycles. The molecule has 0 atom stereocenters. The van der Waals surface area contributed by atoms with Gasteiger partial charge < -0.3 is 14.5 Å². The Labute approximate surface area is 152 Å². The Balaban J connectivity index is 1.59. The summed E-state index contributed by atoms with van der Waals surface area (Å²) in [4.78, 5) is 29.0. The number of hydrogen-bond donors (Lipinski definition) is 1. The second-order valence-electron chi connectivity index (χ2n) is 6.93. The molecule has 2 aromatic rings. The van der Waals surface area contributed by atoms with Crippen LogP contribution in [0.15, 0.2) is 28.8 Å². The molecule has 1 fully saturated rings. The number of aromatic nitrogens is 2. The molecule has 1 aromatic carbocycles. The van der Waals surface area contributed by atoms with Gasteiger partial charge in [-0.05, 0) is 24.3 Å². The molecule has 1 heterocycles. The molecule has 1 saturated carbocycles. The van der Waals surface area contributed by atoms with Crippen molar-refractivity contribution in [3.8, 4) is 11.4 Å². The summed E-state index contributed by atoms with van der Waals surface area (Å²) in [6, 6.07) is 8.06. The number of carboxylic acid groups (broad SMARTS) is 1. The average Bonchev–Trinajstić information content (AvgIpc) is 3.35. The van der Waals surface area contributed by atoms with Gasteiger partial charge in [-0.1, -0.05) is 43.3 Å². The van der Waals surface area contributed by atoms with Crippen molar-refractivity contribution < 1.29 is 19.2 Å². The molecular weight excluding hydrogens is 334 g/mol. The van der Waals surface area contributed by atoms with E-state index >= 15 is 0 Å². The molecule has 138 valence electrons. The molecule has 0 saturated heterocycles. The number of aryl methyl sites for hydroxylation is 1. The molecule has 1 N–H and O–H groups in total. The number of benzene rings is 1. The number of carbonyl (C=O) groups is 2. The van der Waals surface area contributed by atoms with Crippen LogP contribution in [-0.4, -0.2) is 44.6 Å². The molecule has 0 unspecified atom stereocenters. The minimum atomic E-state index is -0.991. The lowest BCUT2D eigenvalue weighted by atomic mass is 10.0. The summed E-state index contributed by atoms with van der Waals surface area (Å²) in [6.45, 7) is 4.02. The normalized spacial score (nSPS) is 13.8. The van der Waals surface area contributed by atoms with Crippen LogP contribution < -0.4 is 0 Å². The lowest BCUT2D eigenvalue weighted by Gasteiger charge is -2.19. The summed E-state index contributed by atoms with van der Waals surface area (Å²) in [6.07, 6.45) is 2.21. The molecule has 1 aliphatic carbocycles. The topological polar surface area (TPSA) is 96.5 Å². The third-order valence-electron chi connectivity index (χ3n) is 4.47. The monoisotopic (exact) mass is 357 g/mol. The highest BCUT2D eigenvalue weighted by Gasteiger charge is 2.33. The lowest BCUT2D eigenvalue weighted by Crippen LogP contribution is -2.37. The van der Waals surface area contributed by atoms with Gasteiger partial charge in [0.25, 0.3) is 0 Å². The van der Waals surface area contributed by atoms with Crippen LogP contribution in [0.25, 0.3) is 11.4 Å². The molecule has 1 aliphatic rings. The Kier molecular flexibility index (Phi) is 5.35. The van der Waals surface area contributed by atoms with Crippen LogP contribution in [0.1, 0.15) is 50.5 Å². The first-order chi connectivity index (χ1) is 12.4. The maximum atomic E-state index is 12.3. The predicted octanol–water partition coefficient (Wildman–Crippen LogP) is 2.87. The number of aliphatic carboxylic acids is 1. The molecule has 26 heavy (non-hydrogen) atoms.